The second-order valence-corrected chi connectivity index (χ2v) is 7.30. The first-order valence-electron chi connectivity index (χ1n) is 9.53. The van der Waals surface area contributed by atoms with Crippen molar-refractivity contribution in [3.63, 3.8) is 0 Å². The lowest BCUT2D eigenvalue weighted by Gasteiger charge is -2.20. The first-order valence-corrected chi connectivity index (χ1v) is 9.53. The molecule has 0 saturated heterocycles. The van der Waals surface area contributed by atoms with Gasteiger partial charge in [0, 0.05) is 6.04 Å². The number of hydrogen-bond donors (Lipinski definition) is 2. The molecule has 3 nitrogen and oxygen atoms in total. The highest BCUT2D eigenvalue weighted by Crippen LogP contribution is 2.24. The summed E-state index contributed by atoms with van der Waals surface area (Å²) in [5, 5.41) is 6.05. The summed E-state index contributed by atoms with van der Waals surface area (Å²) in [6.45, 7) is 3.89. The van der Waals surface area contributed by atoms with Gasteiger partial charge in [-0.15, -0.1) is 0 Å². The lowest BCUT2D eigenvalue weighted by atomic mass is 9.89. The summed E-state index contributed by atoms with van der Waals surface area (Å²) < 4.78 is 26.4. The fourth-order valence-corrected chi connectivity index (χ4v) is 3.54. The summed E-state index contributed by atoms with van der Waals surface area (Å²) in [5.41, 5.74) is 4.53. The highest BCUT2D eigenvalue weighted by molar-refractivity contribution is 5.78. The van der Waals surface area contributed by atoms with Crippen LogP contribution < -0.4 is 10.6 Å². The number of aryl methyl sites for hydroxylation is 2. The standard InChI is InChI=1S/C22H26F2N2O/c1-14(18-9-10-20(23)21(24)12-18)25-13-22(27)26-15(2)17-8-7-16-5-3-4-6-19(16)11-17/h7-12,14-15,25H,3-6,13H2,1-2H3,(H,26,27)/t14-,15+/m1/s1. The molecule has 0 bridgehead atoms. The van der Waals surface area contributed by atoms with Crippen molar-refractivity contribution in [2.75, 3.05) is 6.54 Å². The Bertz CT molecular complexity index is 822. The zero-order valence-electron chi connectivity index (χ0n) is 15.8. The largest absolute Gasteiger partial charge is 0.348 e. The minimum atomic E-state index is -0.883. The van der Waals surface area contributed by atoms with E-state index in [9.17, 15) is 13.6 Å². The van der Waals surface area contributed by atoms with Gasteiger partial charge in [0.05, 0.1) is 12.6 Å². The van der Waals surface area contributed by atoms with Crippen molar-refractivity contribution in [3.8, 4) is 0 Å². The number of nitrogens with one attached hydrogen (secondary N) is 2. The highest BCUT2D eigenvalue weighted by Gasteiger charge is 2.15. The number of hydrogen-bond acceptors (Lipinski definition) is 2. The number of carbonyl (C=O) groups excluding carboxylic acids is 1. The van der Waals surface area contributed by atoms with Crippen LogP contribution in [0.5, 0.6) is 0 Å². The van der Waals surface area contributed by atoms with Crippen LogP contribution in [0.25, 0.3) is 0 Å². The molecule has 0 spiro atoms. The van der Waals surface area contributed by atoms with E-state index in [2.05, 4.69) is 28.8 Å². The number of carbonyl (C=O) groups is 1. The molecule has 1 amide bonds. The fourth-order valence-electron chi connectivity index (χ4n) is 3.54. The molecule has 0 saturated carbocycles. The van der Waals surface area contributed by atoms with Crippen molar-refractivity contribution in [2.24, 2.45) is 0 Å². The van der Waals surface area contributed by atoms with Crippen LogP contribution in [-0.4, -0.2) is 12.5 Å². The first-order chi connectivity index (χ1) is 12.9. The predicted octanol–water partition coefficient (Wildman–Crippen LogP) is 4.37. The van der Waals surface area contributed by atoms with Crippen molar-refractivity contribution in [1.29, 1.82) is 0 Å². The third-order valence-corrected chi connectivity index (χ3v) is 5.26. The van der Waals surface area contributed by atoms with Crippen LogP contribution in [-0.2, 0) is 17.6 Å². The van der Waals surface area contributed by atoms with Crippen LogP contribution >= 0.6 is 0 Å². The summed E-state index contributed by atoms with van der Waals surface area (Å²) in [4.78, 5) is 12.3. The zero-order valence-corrected chi connectivity index (χ0v) is 15.8. The second-order valence-electron chi connectivity index (χ2n) is 7.30. The Kier molecular flexibility index (Phi) is 6.22. The topological polar surface area (TPSA) is 41.1 Å². The Morgan fingerprint density at radius 2 is 1.59 bits per heavy atom. The average Bonchev–Trinajstić information content (AvgIpc) is 2.67. The van der Waals surface area contributed by atoms with Gasteiger partial charge in [-0.25, -0.2) is 8.78 Å². The quantitative estimate of drug-likeness (QED) is 0.790. The number of halogens is 2. The van der Waals surface area contributed by atoms with Crippen molar-refractivity contribution >= 4 is 5.91 Å². The number of rotatable bonds is 6. The third-order valence-electron chi connectivity index (χ3n) is 5.26. The van der Waals surface area contributed by atoms with E-state index < -0.39 is 11.6 Å². The van der Waals surface area contributed by atoms with E-state index in [1.165, 1.54) is 30.0 Å². The SMILES string of the molecule is C[C@H](NC(=O)CN[C@H](C)c1ccc(F)c(F)c1)c1ccc2c(c1)CCCC2. The molecule has 3 rings (SSSR count). The third kappa shape index (κ3) is 4.92. The molecular formula is C22H26F2N2O. The molecule has 2 atom stereocenters. The summed E-state index contributed by atoms with van der Waals surface area (Å²) in [7, 11) is 0. The minimum absolute atomic E-state index is 0.0786. The van der Waals surface area contributed by atoms with Crippen LogP contribution in [0.2, 0.25) is 0 Å². The summed E-state index contributed by atoms with van der Waals surface area (Å²) >= 11 is 0. The summed E-state index contributed by atoms with van der Waals surface area (Å²) in [6, 6.07) is 9.90. The van der Waals surface area contributed by atoms with Gasteiger partial charge in [0.1, 0.15) is 0 Å². The maximum absolute atomic E-state index is 13.3. The molecule has 144 valence electrons. The van der Waals surface area contributed by atoms with Crippen LogP contribution in [0.4, 0.5) is 8.78 Å². The van der Waals surface area contributed by atoms with E-state index in [0.29, 0.717) is 5.56 Å². The van der Waals surface area contributed by atoms with E-state index in [0.717, 1.165) is 30.5 Å². The van der Waals surface area contributed by atoms with Gasteiger partial charge >= 0.3 is 0 Å². The molecule has 0 radical (unpaired) electrons. The Labute approximate surface area is 159 Å². The molecule has 27 heavy (non-hydrogen) atoms. The Morgan fingerprint density at radius 1 is 0.926 bits per heavy atom. The molecule has 0 fully saturated rings. The smallest absolute Gasteiger partial charge is 0.234 e. The number of fused-ring (bicyclic) bond motifs is 1. The number of benzene rings is 2. The first kappa shape index (κ1) is 19.5. The van der Waals surface area contributed by atoms with E-state index in [4.69, 9.17) is 0 Å². The molecule has 0 aliphatic heterocycles. The molecule has 1 aliphatic carbocycles. The molecule has 5 heteroatoms. The van der Waals surface area contributed by atoms with Crippen molar-refractivity contribution in [1.82, 2.24) is 10.6 Å². The molecule has 2 aromatic carbocycles. The Balaban J connectivity index is 1.53. The fraction of sp³-hybridized carbons (Fsp3) is 0.409. The predicted molar refractivity (Wildman–Crippen MR) is 102 cm³/mol. The average molecular weight is 372 g/mol. The van der Waals surface area contributed by atoms with E-state index in [1.54, 1.807) is 0 Å². The summed E-state index contributed by atoms with van der Waals surface area (Å²) in [5.74, 6) is -1.89. The minimum Gasteiger partial charge on any atom is -0.348 e. The maximum atomic E-state index is 13.3. The Hall–Kier alpha value is -2.27. The van der Waals surface area contributed by atoms with Gasteiger partial charge in [-0.05, 0) is 73.9 Å². The van der Waals surface area contributed by atoms with Crippen molar-refractivity contribution < 1.29 is 13.6 Å². The highest BCUT2D eigenvalue weighted by atomic mass is 19.2. The van der Waals surface area contributed by atoms with Crippen LogP contribution in [0.1, 0.15) is 61.0 Å². The molecule has 0 aromatic heterocycles. The molecule has 1 aliphatic rings. The van der Waals surface area contributed by atoms with Gasteiger partial charge in [-0.1, -0.05) is 24.3 Å². The Morgan fingerprint density at radius 3 is 2.33 bits per heavy atom. The molecule has 2 aromatic rings. The molecular weight excluding hydrogens is 346 g/mol. The zero-order chi connectivity index (χ0) is 19.4. The van der Waals surface area contributed by atoms with Crippen LogP contribution in [0.3, 0.4) is 0 Å². The van der Waals surface area contributed by atoms with Gasteiger partial charge in [0.2, 0.25) is 5.91 Å². The normalized spacial score (nSPS) is 15.7. The van der Waals surface area contributed by atoms with Crippen molar-refractivity contribution in [2.45, 2.75) is 51.6 Å². The lowest BCUT2D eigenvalue weighted by Crippen LogP contribution is -2.36. The molecule has 0 unspecified atom stereocenters. The molecule has 0 heterocycles. The van der Waals surface area contributed by atoms with Crippen LogP contribution in [0, 0.1) is 11.6 Å². The van der Waals surface area contributed by atoms with E-state index in [1.807, 2.05) is 13.8 Å². The van der Waals surface area contributed by atoms with Crippen LogP contribution in [0.15, 0.2) is 36.4 Å². The second kappa shape index (κ2) is 8.61. The van der Waals surface area contributed by atoms with Gasteiger partial charge < -0.3 is 10.6 Å². The van der Waals surface area contributed by atoms with Crippen molar-refractivity contribution in [3.05, 3.63) is 70.3 Å². The van der Waals surface area contributed by atoms with Gasteiger partial charge in [0.25, 0.3) is 0 Å². The lowest BCUT2D eigenvalue weighted by molar-refractivity contribution is -0.121. The maximum Gasteiger partial charge on any atom is 0.234 e. The molecule has 2 N–H and O–H groups in total. The van der Waals surface area contributed by atoms with E-state index >= 15 is 0 Å². The van der Waals surface area contributed by atoms with Gasteiger partial charge in [-0.2, -0.15) is 0 Å². The summed E-state index contributed by atoms with van der Waals surface area (Å²) in [6.07, 6.45) is 4.72. The monoisotopic (exact) mass is 372 g/mol. The van der Waals surface area contributed by atoms with E-state index in [-0.39, 0.29) is 24.5 Å². The van der Waals surface area contributed by atoms with Gasteiger partial charge in [0.15, 0.2) is 11.6 Å². The van der Waals surface area contributed by atoms with Gasteiger partial charge in [-0.3, -0.25) is 4.79 Å². The number of amides is 1.